The summed E-state index contributed by atoms with van der Waals surface area (Å²) in [7, 11) is 1.74. The van der Waals surface area contributed by atoms with Crippen LogP contribution in [0.1, 0.15) is 100 Å². The average Bonchev–Trinajstić information content (AvgIpc) is 3.53. The maximum atomic E-state index is 11.0. The molecule has 2 rings (SSSR count). The van der Waals surface area contributed by atoms with Crippen LogP contribution in [0.4, 0.5) is 0 Å². The monoisotopic (exact) mass is 476 g/mol. The number of rotatable bonds is 7. The molecule has 1 heterocycles. The fourth-order valence-electron chi connectivity index (χ4n) is 2.68. The van der Waals surface area contributed by atoms with Crippen LogP contribution >= 0.6 is 0 Å². The molecule has 1 aliphatic heterocycles. The van der Waals surface area contributed by atoms with Crippen LogP contribution in [-0.2, 0) is 14.4 Å². The first kappa shape index (κ1) is 38.7. The molecule has 0 spiro atoms. The minimum absolute atomic E-state index is 0.00431. The second-order valence-electron chi connectivity index (χ2n) is 7.47. The van der Waals surface area contributed by atoms with E-state index >= 15 is 0 Å². The number of amides is 2. The highest BCUT2D eigenvalue weighted by molar-refractivity contribution is 5.81. The van der Waals surface area contributed by atoms with Gasteiger partial charge in [-0.25, -0.2) is 0 Å². The summed E-state index contributed by atoms with van der Waals surface area (Å²) in [6.07, 6.45) is 7.24. The molecule has 3 unspecified atom stereocenters. The lowest BCUT2D eigenvalue weighted by molar-refractivity contribution is -0.133. The van der Waals surface area contributed by atoms with Crippen molar-refractivity contribution in [3.63, 3.8) is 0 Å². The number of hydrogen-bond donors (Lipinski definition) is 4. The van der Waals surface area contributed by atoms with Crippen molar-refractivity contribution in [2.75, 3.05) is 20.1 Å². The molecular formula is C25H56N4O4. The molecule has 2 fully saturated rings. The van der Waals surface area contributed by atoms with Gasteiger partial charge in [0.05, 0.1) is 12.6 Å². The molecule has 200 valence electrons. The molecule has 0 bridgehead atoms. The Kier molecular flexibility index (Phi) is 33.5. The number of carbonyl (C=O) groups excluding carboxylic acids is 3. The lowest BCUT2D eigenvalue weighted by Crippen LogP contribution is -2.45. The molecule has 1 saturated heterocycles. The third kappa shape index (κ3) is 22.1. The summed E-state index contributed by atoms with van der Waals surface area (Å²) in [6.45, 7) is 17.2. The number of nitrogens with two attached hydrogens (primary N) is 2. The largest absolute Gasteiger partial charge is 0.382 e. The van der Waals surface area contributed by atoms with Gasteiger partial charge in [0.15, 0.2) is 0 Å². The number of aldehydes is 1. The van der Waals surface area contributed by atoms with E-state index in [1.54, 1.807) is 11.9 Å². The van der Waals surface area contributed by atoms with Crippen molar-refractivity contribution >= 4 is 18.1 Å². The van der Waals surface area contributed by atoms with Crippen LogP contribution in [0.25, 0.3) is 0 Å². The maximum Gasteiger partial charge on any atom is 0.247 e. The summed E-state index contributed by atoms with van der Waals surface area (Å²) in [5.41, 5.74) is 10.1. The van der Waals surface area contributed by atoms with E-state index < -0.39 is 12.0 Å². The van der Waals surface area contributed by atoms with Crippen LogP contribution in [-0.4, -0.2) is 66.4 Å². The topological polar surface area (TPSA) is 139 Å². The zero-order chi connectivity index (χ0) is 26.8. The van der Waals surface area contributed by atoms with Crippen molar-refractivity contribution in [1.82, 2.24) is 10.2 Å². The van der Waals surface area contributed by atoms with E-state index in [9.17, 15) is 19.5 Å². The maximum absolute atomic E-state index is 11.0. The molecule has 0 radical (unpaired) electrons. The molecule has 2 amide bonds. The Balaban J connectivity index is -0.000000184. The van der Waals surface area contributed by atoms with Crippen LogP contribution < -0.4 is 16.8 Å². The van der Waals surface area contributed by atoms with Gasteiger partial charge in [-0.05, 0) is 32.2 Å². The Labute approximate surface area is 204 Å². The van der Waals surface area contributed by atoms with Crippen molar-refractivity contribution in [3.8, 4) is 0 Å². The van der Waals surface area contributed by atoms with Crippen LogP contribution in [0, 0.1) is 5.92 Å². The van der Waals surface area contributed by atoms with Gasteiger partial charge in [0.25, 0.3) is 0 Å². The first-order valence-electron chi connectivity index (χ1n) is 12.9. The smallest absolute Gasteiger partial charge is 0.247 e. The van der Waals surface area contributed by atoms with E-state index in [1.165, 1.54) is 25.7 Å². The lowest BCUT2D eigenvalue weighted by Gasteiger charge is -2.19. The standard InChI is InChI=1S/C8H16N2O2.C7H12N2O2.2C3H8.2C2H6/c1-10-6(4-5-2-3-5)7(11)8(9)12;8-4-7(11)9-3-1-2-6(9)5-10;2*1-3-2;2*1-2/h5-7,10-11H,2-4H2,1H3,(H2,9,12);5-6H,1-4,8H2;2*3H2,1-2H3;2*1-2H3. The van der Waals surface area contributed by atoms with Gasteiger partial charge in [0, 0.05) is 12.6 Å². The molecule has 0 aromatic heterocycles. The van der Waals surface area contributed by atoms with Gasteiger partial charge in [0.2, 0.25) is 11.8 Å². The summed E-state index contributed by atoms with van der Waals surface area (Å²) >= 11 is 0. The molecule has 0 aromatic carbocycles. The second-order valence-corrected chi connectivity index (χ2v) is 7.47. The van der Waals surface area contributed by atoms with Gasteiger partial charge in [-0.2, -0.15) is 0 Å². The predicted molar refractivity (Wildman–Crippen MR) is 140 cm³/mol. The lowest BCUT2D eigenvalue weighted by atomic mass is 10.0. The molecule has 33 heavy (non-hydrogen) atoms. The Bertz CT molecular complexity index is 444. The summed E-state index contributed by atoms with van der Waals surface area (Å²) in [5.74, 6) is -0.0916. The number of carbonyl (C=O) groups is 3. The van der Waals surface area contributed by atoms with Crippen LogP contribution in [0.2, 0.25) is 0 Å². The van der Waals surface area contributed by atoms with E-state index in [0.29, 0.717) is 12.5 Å². The average molecular weight is 477 g/mol. The molecular weight excluding hydrogens is 420 g/mol. The van der Waals surface area contributed by atoms with Crippen molar-refractivity contribution < 1.29 is 19.5 Å². The van der Waals surface area contributed by atoms with Gasteiger partial charge >= 0.3 is 0 Å². The van der Waals surface area contributed by atoms with Crippen LogP contribution in [0.15, 0.2) is 0 Å². The number of primary amides is 1. The van der Waals surface area contributed by atoms with E-state index in [0.717, 1.165) is 25.5 Å². The van der Waals surface area contributed by atoms with Crippen molar-refractivity contribution in [3.05, 3.63) is 0 Å². The van der Waals surface area contributed by atoms with Gasteiger partial charge in [-0.3, -0.25) is 9.59 Å². The van der Waals surface area contributed by atoms with E-state index in [4.69, 9.17) is 11.5 Å². The molecule has 3 atom stereocenters. The fraction of sp³-hybridized carbons (Fsp3) is 0.880. The van der Waals surface area contributed by atoms with E-state index in [1.807, 2.05) is 27.7 Å². The first-order valence-corrected chi connectivity index (χ1v) is 12.9. The molecule has 1 aliphatic carbocycles. The third-order valence-electron chi connectivity index (χ3n) is 4.28. The molecule has 0 aromatic rings. The first-order chi connectivity index (χ1) is 15.8. The number of aliphatic hydroxyl groups is 1. The Hall–Kier alpha value is -1.51. The number of aliphatic hydroxyl groups excluding tert-OH is 1. The Morgan fingerprint density at radius 1 is 1.06 bits per heavy atom. The Morgan fingerprint density at radius 2 is 1.52 bits per heavy atom. The third-order valence-corrected chi connectivity index (χ3v) is 4.28. The number of nitrogens with one attached hydrogen (secondary N) is 1. The summed E-state index contributed by atoms with van der Waals surface area (Å²) < 4.78 is 0. The number of hydrogen-bond acceptors (Lipinski definition) is 6. The van der Waals surface area contributed by atoms with Crippen molar-refractivity contribution in [2.45, 2.75) is 119 Å². The second kappa shape index (κ2) is 28.5. The highest BCUT2D eigenvalue weighted by Gasteiger charge is 2.30. The SMILES string of the molecule is CC.CC.CCC.CCC.CNC(CC1CC1)C(O)C(N)=O.NCC(=O)N1CCCC1C=O. The minimum Gasteiger partial charge on any atom is -0.382 e. The van der Waals surface area contributed by atoms with E-state index in [-0.39, 0.29) is 24.5 Å². The highest BCUT2D eigenvalue weighted by Crippen LogP contribution is 2.33. The molecule has 2 aliphatic rings. The molecule has 8 heteroatoms. The number of likely N-dealkylation sites (N-methyl/N-ethyl adjacent to an activating group) is 1. The van der Waals surface area contributed by atoms with Gasteiger partial charge in [-0.15, -0.1) is 0 Å². The Morgan fingerprint density at radius 3 is 1.82 bits per heavy atom. The normalized spacial score (nSPS) is 17.3. The van der Waals surface area contributed by atoms with Crippen LogP contribution in [0.3, 0.4) is 0 Å². The minimum atomic E-state index is -1.05. The van der Waals surface area contributed by atoms with Crippen molar-refractivity contribution in [1.29, 1.82) is 0 Å². The molecule has 8 nitrogen and oxygen atoms in total. The summed E-state index contributed by atoms with van der Waals surface area (Å²) in [4.78, 5) is 33.6. The zero-order valence-corrected chi connectivity index (χ0v) is 23.0. The van der Waals surface area contributed by atoms with Gasteiger partial charge < -0.3 is 31.6 Å². The highest BCUT2D eigenvalue weighted by atomic mass is 16.3. The molecule has 6 N–H and O–H groups in total. The van der Waals surface area contributed by atoms with Crippen LogP contribution in [0.5, 0.6) is 0 Å². The quantitative estimate of drug-likeness (QED) is 0.416. The van der Waals surface area contributed by atoms with Gasteiger partial charge in [-0.1, -0.05) is 81.1 Å². The summed E-state index contributed by atoms with van der Waals surface area (Å²) in [5, 5.41) is 12.2. The summed E-state index contributed by atoms with van der Waals surface area (Å²) in [6, 6.07) is -0.388. The number of likely N-dealkylation sites (tertiary alicyclic amines) is 1. The van der Waals surface area contributed by atoms with E-state index in [2.05, 4.69) is 33.0 Å². The van der Waals surface area contributed by atoms with Crippen molar-refractivity contribution in [2.24, 2.45) is 17.4 Å². The predicted octanol–water partition coefficient (Wildman–Crippen LogP) is 3.24. The molecule has 1 saturated carbocycles. The number of nitrogens with zero attached hydrogens (tertiary/aromatic N) is 1. The van der Waals surface area contributed by atoms with Gasteiger partial charge in [0.1, 0.15) is 12.4 Å². The zero-order valence-electron chi connectivity index (χ0n) is 23.0. The fourth-order valence-corrected chi connectivity index (χ4v) is 2.68.